The Kier molecular flexibility index (Phi) is 5.39. The number of nitrogens with one attached hydrogen (secondary N) is 1. The molecule has 0 spiro atoms. The van der Waals surface area contributed by atoms with Crippen LogP contribution in [0.5, 0.6) is 0 Å². The number of carbonyl (C=O) groups is 1. The Morgan fingerprint density at radius 3 is 2.66 bits per heavy atom. The summed E-state index contributed by atoms with van der Waals surface area (Å²) in [4.78, 5) is 26.2. The Bertz CT molecular complexity index is 1260. The van der Waals surface area contributed by atoms with Crippen molar-refractivity contribution in [3.63, 3.8) is 0 Å². The lowest BCUT2D eigenvalue weighted by atomic mass is 10.1. The van der Waals surface area contributed by atoms with Gasteiger partial charge in [-0.15, -0.1) is 11.3 Å². The zero-order chi connectivity index (χ0) is 20.5. The minimum absolute atomic E-state index is 0.225. The summed E-state index contributed by atoms with van der Waals surface area (Å²) in [5.41, 5.74) is 1.47. The Morgan fingerprint density at radius 1 is 1.21 bits per heavy atom. The zero-order valence-electron chi connectivity index (χ0n) is 16.1. The quantitative estimate of drug-likeness (QED) is 0.497. The molecule has 5 nitrogen and oxygen atoms in total. The predicted octanol–water partition coefficient (Wildman–Crippen LogP) is 4.84. The Labute approximate surface area is 176 Å². The van der Waals surface area contributed by atoms with Crippen molar-refractivity contribution >= 4 is 49.0 Å². The number of halogens is 1. The third-order valence-electron chi connectivity index (χ3n) is 4.97. The molecule has 29 heavy (non-hydrogen) atoms. The SMILES string of the molecule is CC[C@@H](C(=O)NCc1ccc(Cl)cc1)n1nc(C)c2sc3ccccc3c2c1=O. The third kappa shape index (κ3) is 3.66. The van der Waals surface area contributed by atoms with Crippen LogP contribution in [0, 0.1) is 6.92 Å². The van der Waals surface area contributed by atoms with Crippen LogP contribution in [-0.2, 0) is 11.3 Å². The summed E-state index contributed by atoms with van der Waals surface area (Å²) in [5, 5.41) is 9.60. The van der Waals surface area contributed by atoms with Gasteiger partial charge >= 0.3 is 0 Å². The van der Waals surface area contributed by atoms with Gasteiger partial charge in [0.2, 0.25) is 5.91 Å². The van der Waals surface area contributed by atoms with E-state index in [1.165, 1.54) is 4.68 Å². The number of hydrogen-bond donors (Lipinski definition) is 1. The van der Waals surface area contributed by atoms with E-state index >= 15 is 0 Å². The molecule has 0 saturated carbocycles. The number of rotatable bonds is 5. The molecule has 1 atom stereocenters. The molecule has 2 heterocycles. The van der Waals surface area contributed by atoms with Gasteiger partial charge in [0.15, 0.2) is 0 Å². The predicted molar refractivity (Wildman–Crippen MR) is 119 cm³/mol. The lowest BCUT2D eigenvalue weighted by molar-refractivity contribution is -0.125. The Morgan fingerprint density at radius 2 is 1.93 bits per heavy atom. The van der Waals surface area contributed by atoms with Gasteiger partial charge in [-0.1, -0.05) is 48.9 Å². The maximum Gasteiger partial charge on any atom is 0.276 e. The van der Waals surface area contributed by atoms with Gasteiger partial charge in [0.05, 0.1) is 15.8 Å². The van der Waals surface area contributed by atoms with E-state index in [1.54, 1.807) is 23.5 Å². The minimum atomic E-state index is -0.670. The summed E-state index contributed by atoms with van der Waals surface area (Å²) >= 11 is 7.47. The van der Waals surface area contributed by atoms with E-state index in [0.717, 1.165) is 26.0 Å². The van der Waals surface area contributed by atoms with E-state index in [4.69, 9.17) is 11.6 Å². The molecule has 4 aromatic rings. The number of fused-ring (bicyclic) bond motifs is 3. The molecule has 1 N–H and O–H groups in total. The molecular formula is C22H20ClN3O2S. The first-order valence-electron chi connectivity index (χ1n) is 9.42. The first-order chi connectivity index (χ1) is 14.0. The standard InChI is InChI=1S/C22H20ClN3O2S/c1-3-17(21(27)24-12-14-8-10-15(23)11-9-14)26-22(28)19-16-6-4-5-7-18(16)29-20(19)13(2)25-26/h4-11,17H,3,12H2,1-2H3,(H,24,27)/t17-/m0/s1. The maximum absolute atomic E-state index is 13.3. The normalized spacial score (nSPS) is 12.4. The van der Waals surface area contributed by atoms with Crippen LogP contribution in [0.4, 0.5) is 0 Å². The highest BCUT2D eigenvalue weighted by atomic mass is 35.5. The number of aryl methyl sites for hydroxylation is 1. The molecule has 0 unspecified atom stereocenters. The smallest absolute Gasteiger partial charge is 0.276 e. The third-order valence-corrected chi connectivity index (χ3v) is 6.50. The average molecular weight is 426 g/mol. The van der Waals surface area contributed by atoms with Gasteiger partial charge in [-0.25, -0.2) is 4.68 Å². The molecule has 0 saturated heterocycles. The van der Waals surface area contributed by atoms with Crippen molar-refractivity contribution in [2.45, 2.75) is 32.9 Å². The zero-order valence-corrected chi connectivity index (χ0v) is 17.7. The van der Waals surface area contributed by atoms with Gasteiger partial charge in [-0.2, -0.15) is 5.10 Å². The second-order valence-electron chi connectivity index (χ2n) is 6.91. The molecule has 4 rings (SSSR count). The van der Waals surface area contributed by atoms with Crippen LogP contribution in [0.1, 0.15) is 30.6 Å². The van der Waals surface area contributed by atoms with Gasteiger partial charge in [0, 0.05) is 21.7 Å². The molecule has 2 aromatic carbocycles. The van der Waals surface area contributed by atoms with Crippen molar-refractivity contribution in [3.05, 3.63) is 75.2 Å². The first-order valence-corrected chi connectivity index (χ1v) is 10.6. The molecule has 0 radical (unpaired) electrons. The Balaban J connectivity index is 1.70. The van der Waals surface area contributed by atoms with E-state index in [0.29, 0.717) is 23.4 Å². The molecule has 0 aliphatic carbocycles. The number of thiophene rings is 1. The molecule has 0 aliphatic heterocycles. The summed E-state index contributed by atoms with van der Waals surface area (Å²) in [6, 6.07) is 14.4. The highest BCUT2D eigenvalue weighted by Gasteiger charge is 2.24. The largest absolute Gasteiger partial charge is 0.350 e. The summed E-state index contributed by atoms with van der Waals surface area (Å²) < 4.78 is 3.26. The number of nitrogens with zero attached hydrogens (tertiary/aromatic N) is 2. The van der Waals surface area contributed by atoms with Crippen molar-refractivity contribution in [3.8, 4) is 0 Å². The average Bonchev–Trinajstić information content (AvgIpc) is 3.12. The summed E-state index contributed by atoms with van der Waals surface area (Å²) in [6.45, 7) is 4.13. The molecule has 2 aromatic heterocycles. The molecule has 0 aliphatic rings. The van der Waals surface area contributed by atoms with Crippen LogP contribution >= 0.6 is 22.9 Å². The van der Waals surface area contributed by atoms with Gasteiger partial charge in [-0.3, -0.25) is 9.59 Å². The van der Waals surface area contributed by atoms with Crippen molar-refractivity contribution in [1.82, 2.24) is 15.1 Å². The summed E-state index contributed by atoms with van der Waals surface area (Å²) in [7, 11) is 0. The van der Waals surface area contributed by atoms with Crippen molar-refractivity contribution < 1.29 is 4.79 Å². The maximum atomic E-state index is 13.3. The van der Waals surface area contributed by atoms with E-state index < -0.39 is 6.04 Å². The highest BCUT2D eigenvalue weighted by Crippen LogP contribution is 2.33. The lowest BCUT2D eigenvalue weighted by Gasteiger charge is -2.17. The molecule has 0 bridgehead atoms. The fraction of sp³-hybridized carbons (Fsp3) is 0.227. The highest BCUT2D eigenvalue weighted by molar-refractivity contribution is 7.26. The van der Waals surface area contributed by atoms with Crippen LogP contribution in [0.15, 0.2) is 53.3 Å². The Hall–Kier alpha value is -2.70. The van der Waals surface area contributed by atoms with Crippen molar-refractivity contribution in [2.75, 3.05) is 0 Å². The number of amides is 1. The first kappa shape index (κ1) is 19.6. The lowest BCUT2D eigenvalue weighted by Crippen LogP contribution is -2.38. The summed E-state index contributed by atoms with van der Waals surface area (Å²) in [6.07, 6.45) is 0.465. The monoisotopic (exact) mass is 425 g/mol. The second kappa shape index (κ2) is 7.97. The van der Waals surface area contributed by atoms with E-state index in [-0.39, 0.29) is 11.5 Å². The topological polar surface area (TPSA) is 64.0 Å². The van der Waals surface area contributed by atoms with Crippen LogP contribution in [-0.4, -0.2) is 15.7 Å². The molecule has 7 heteroatoms. The van der Waals surface area contributed by atoms with E-state index in [1.807, 2.05) is 50.2 Å². The molecular weight excluding hydrogens is 406 g/mol. The fourth-order valence-corrected chi connectivity index (χ4v) is 4.73. The van der Waals surface area contributed by atoms with Crippen LogP contribution < -0.4 is 10.9 Å². The number of benzene rings is 2. The van der Waals surface area contributed by atoms with Crippen LogP contribution in [0.3, 0.4) is 0 Å². The summed E-state index contributed by atoms with van der Waals surface area (Å²) in [5.74, 6) is -0.227. The number of aromatic nitrogens is 2. The molecule has 1 amide bonds. The second-order valence-corrected chi connectivity index (χ2v) is 8.39. The van der Waals surface area contributed by atoms with Crippen molar-refractivity contribution in [2.24, 2.45) is 0 Å². The molecule has 0 fully saturated rings. The van der Waals surface area contributed by atoms with Crippen LogP contribution in [0.2, 0.25) is 5.02 Å². The van der Waals surface area contributed by atoms with Gasteiger partial charge in [0.1, 0.15) is 6.04 Å². The van der Waals surface area contributed by atoms with Gasteiger partial charge in [-0.05, 0) is 37.1 Å². The van der Waals surface area contributed by atoms with E-state index in [9.17, 15) is 9.59 Å². The fourth-order valence-electron chi connectivity index (χ4n) is 3.47. The number of carbonyl (C=O) groups excluding carboxylic acids is 1. The van der Waals surface area contributed by atoms with Crippen LogP contribution in [0.25, 0.3) is 20.2 Å². The number of hydrogen-bond acceptors (Lipinski definition) is 4. The minimum Gasteiger partial charge on any atom is -0.350 e. The van der Waals surface area contributed by atoms with Gasteiger partial charge < -0.3 is 5.32 Å². The van der Waals surface area contributed by atoms with E-state index in [2.05, 4.69) is 10.4 Å². The van der Waals surface area contributed by atoms with Gasteiger partial charge in [0.25, 0.3) is 5.56 Å². The molecule has 148 valence electrons. The van der Waals surface area contributed by atoms with Crippen molar-refractivity contribution in [1.29, 1.82) is 0 Å².